The zero-order chi connectivity index (χ0) is 24.7. The Morgan fingerprint density at radius 2 is 1.71 bits per heavy atom. The maximum absolute atomic E-state index is 13.1. The Balaban J connectivity index is 1.87. The van der Waals surface area contributed by atoms with E-state index in [1.807, 2.05) is 19.1 Å². The number of allylic oxidation sites excluding steroid dienone is 1. The number of urea groups is 1. The van der Waals surface area contributed by atoms with Crippen LogP contribution in [-0.4, -0.2) is 24.8 Å². The molecule has 0 radical (unpaired) electrons. The van der Waals surface area contributed by atoms with Gasteiger partial charge in [-0.15, -0.1) is 0 Å². The molecule has 0 aliphatic heterocycles. The van der Waals surface area contributed by atoms with E-state index in [-0.39, 0.29) is 5.82 Å². The second-order valence-corrected chi connectivity index (χ2v) is 8.89. The number of amides is 2. The number of hydrogen-bond donors (Lipinski definition) is 2. The Bertz CT molecular complexity index is 1200. The lowest BCUT2D eigenvalue weighted by atomic mass is 10.1. The third-order valence-electron chi connectivity index (χ3n) is 4.76. The predicted octanol–water partition coefficient (Wildman–Crippen LogP) is 7.33. The first-order chi connectivity index (χ1) is 16.3. The van der Waals surface area contributed by atoms with Crippen LogP contribution < -0.4 is 15.4 Å². The smallest absolute Gasteiger partial charge is 0.323 e. The van der Waals surface area contributed by atoms with Gasteiger partial charge in [0.25, 0.3) is 0 Å². The summed E-state index contributed by atoms with van der Waals surface area (Å²) in [5.41, 5.74) is 3.35. The van der Waals surface area contributed by atoms with E-state index in [1.54, 1.807) is 42.4 Å². The van der Waals surface area contributed by atoms with Gasteiger partial charge in [-0.2, -0.15) is 5.10 Å². The zero-order valence-electron chi connectivity index (χ0n) is 18.6. The van der Waals surface area contributed by atoms with Crippen molar-refractivity contribution in [1.29, 1.82) is 0 Å². The molecule has 0 aliphatic carbocycles. The highest BCUT2D eigenvalue weighted by atomic mass is 79.9. The minimum Gasteiger partial charge on any atom is -0.488 e. The van der Waals surface area contributed by atoms with Crippen LogP contribution in [0.5, 0.6) is 5.75 Å². The third-order valence-corrected chi connectivity index (χ3v) is 5.39. The first-order valence-electron chi connectivity index (χ1n) is 10.2. The number of carbonyl (C=O) groups excluding carboxylic acids is 1. The molecule has 3 aromatic carbocycles. The second-order valence-electron chi connectivity index (χ2n) is 7.26. The topological polar surface area (TPSA) is 66.0 Å². The van der Waals surface area contributed by atoms with Crippen molar-refractivity contribution in [2.75, 3.05) is 17.7 Å². The van der Waals surface area contributed by atoms with Crippen LogP contribution in [0.3, 0.4) is 0 Å². The summed E-state index contributed by atoms with van der Waals surface area (Å²) in [6.45, 7) is 5.80. The molecule has 3 aromatic rings. The fourth-order valence-corrected chi connectivity index (χ4v) is 3.74. The quantitative estimate of drug-likeness (QED) is 0.230. The van der Waals surface area contributed by atoms with Gasteiger partial charge in [-0.05, 0) is 67.1 Å². The van der Waals surface area contributed by atoms with Crippen LogP contribution in [0.15, 0.2) is 76.3 Å². The summed E-state index contributed by atoms with van der Waals surface area (Å²) in [7, 11) is 1.76. The number of benzene rings is 3. The van der Waals surface area contributed by atoms with Crippen molar-refractivity contribution in [3.8, 4) is 5.75 Å². The Morgan fingerprint density at radius 1 is 1.09 bits per heavy atom. The SMILES string of the molecule is C=NN(C)/C(=C(\C)Br)c1cc(NC(=O)Nc2ccc(F)cc2)ccc1OCc1ccc(Cl)cc1. The zero-order valence-corrected chi connectivity index (χ0v) is 21.0. The number of nitrogens with one attached hydrogen (secondary N) is 2. The van der Waals surface area contributed by atoms with Gasteiger partial charge >= 0.3 is 6.03 Å². The monoisotopic (exact) mass is 544 g/mol. The molecule has 0 aliphatic rings. The summed E-state index contributed by atoms with van der Waals surface area (Å²) in [4.78, 5) is 12.5. The maximum Gasteiger partial charge on any atom is 0.323 e. The van der Waals surface area contributed by atoms with E-state index < -0.39 is 6.03 Å². The first kappa shape index (κ1) is 25.3. The summed E-state index contributed by atoms with van der Waals surface area (Å²) < 4.78 is 20.0. The molecule has 2 N–H and O–H groups in total. The number of hydrazone groups is 1. The lowest BCUT2D eigenvalue weighted by molar-refractivity contribution is 0.262. The van der Waals surface area contributed by atoms with Crippen LogP contribution in [0.4, 0.5) is 20.6 Å². The summed E-state index contributed by atoms with van der Waals surface area (Å²) >= 11 is 9.50. The normalized spacial score (nSPS) is 11.3. The third kappa shape index (κ3) is 6.82. The molecule has 0 aromatic heterocycles. The molecular weight excluding hydrogens is 523 g/mol. The van der Waals surface area contributed by atoms with E-state index >= 15 is 0 Å². The van der Waals surface area contributed by atoms with E-state index in [1.165, 1.54) is 24.3 Å². The molecule has 0 bridgehead atoms. The van der Waals surface area contributed by atoms with Gasteiger partial charge in [0, 0.05) is 40.2 Å². The Hall–Kier alpha value is -3.36. The number of anilines is 2. The highest BCUT2D eigenvalue weighted by Gasteiger charge is 2.17. The number of halogens is 3. The highest BCUT2D eigenvalue weighted by molar-refractivity contribution is 9.11. The van der Waals surface area contributed by atoms with Crippen molar-refractivity contribution >= 4 is 57.4 Å². The fraction of sp³-hybridized carbons (Fsp3) is 0.120. The van der Waals surface area contributed by atoms with Gasteiger partial charge in [0.15, 0.2) is 0 Å². The van der Waals surface area contributed by atoms with Gasteiger partial charge < -0.3 is 15.4 Å². The minimum absolute atomic E-state index is 0.321. The van der Waals surface area contributed by atoms with E-state index in [0.717, 1.165) is 10.0 Å². The molecule has 0 heterocycles. The average molecular weight is 546 g/mol. The number of ether oxygens (including phenoxy) is 1. The summed E-state index contributed by atoms with van der Waals surface area (Å²) in [5, 5.41) is 11.7. The van der Waals surface area contributed by atoms with Crippen molar-refractivity contribution in [3.63, 3.8) is 0 Å². The van der Waals surface area contributed by atoms with Crippen molar-refractivity contribution in [2.24, 2.45) is 5.10 Å². The van der Waals surface area contributed by atoms with E-state index in [9.17, 15) is 9.18 Å². The van der Waals surface area contributed by atoms with Gasteiger partial charge in [-0.25, -0.2) is 9.18 Å². The predicted molar refractivity (Wildman–Crippen MR) is 140 cm³/mol. The van der Waals surface area contributed by atoms with Gasteiger partial charge in [-0.3, -0.25) is 5.01 Å². The number of nitrogens with zero attached hydrogens (tertiary/aromatic N) is 2. The van der Waals surface area contributed by atoms with E-state index in [2.05, 4.69) is 38.4 Å². The van der Waals surface area contributed by atoms with E-state index in [4.69, 9.17) is 16.3 Å². The van der Waals surface area contributed by atoms with Crippen LogP contribution in [0.1, 0.15) is 18.1 Å². The molecule has 0 saturated carbocycles. The number of rotatable bonds is 8. The largest absolute Gasteiger partial charge is 0.488 e. The molecule has 176 valence electrons. The second kappa shape index (κ2) is 11.7. The number of hydrogen-bond acceptors (Lipinski definition) is 4. The fourth-order valence-electron chi connectivity index (χ4n) is 3.14. The van der Waals surface area contributed by atoms with Crippen LogP contribution in [0, 0.1) is 5.82 Å². The van der Waals surface area contributed by atoms with Crippen molar-refractivity contribution < 1.29 is 13.9 Å². The van der Waals surface area contributed by atoms with Gasteiger partial charge in [0.2, 0.25) is 0 Å². The summed E-state index contributed by atoms with van der Waals surface area (Å²) in [6.07, 6.45) is 0. The lowest BCUT2D eigenvalue weighted by Crippen LogP contribution is -2.19. The van der Waals surface area contributed by atoms with Crippen LogP contribution in [-0.2, 0) is 6.61 Å². The average Bonchev–Trinajstić information content (AvgIpc) is 2.81. The van der Waals surface area contributed by atoms with Crippen molar-refractivity contribution in [2.45, 2.75) is 13.5 Å². The highest BCUT2D eigenvalue weighted by Crippen LogP contribution is 2.35. The van der Waals surface area contributed by atoms with Gasteiger partial charge in [-0.1, -0.05) is 39.7 Å². The minimum atomic E-state index is -0.469. The van der Waals surface area contributed by atoms with Gasteiger partial charge in [0.1, 0.15) is 18.2 Å². The standard InChI is InChI=1S/C25H23BrClFN4O2/c1-16(26)24(32(3)29-2)22-14-21(31-25(33)30-20-10-8-19(28)9-11-20)12-13-23(22)34-15-17-4-6-18(27)7-5-17/h4-14H,2,15H2,1,3H3,(H2,30,31,33)/b24-16+. The van der Waals surface area contributed by atoms with Gasteiger partial charge in [0.05, 0.1) is 5.70 Å². The molecule has 0 saturated heterocycles. The number of carbonyl (C=O) groups is 1. The molecule has 0 fully saturated rings. The summed E-state index contributed by atoms with van der Waals surface area (Å²) in [6, 6.07) is 17.7. The molecule has 34 heavy (non-hydrogen) atoms. The molecule has 0 unspecified atom stereocenters. The lowest BCUT2D eigenvalue weighted by Gasteiger charge is -2.22. The molecule has 9 heteroatoms. The van der Waals surface area contributed by atoms with Crippen molar-refractivity contribution in [3.05, 3.63) is 93.2 Å². The molecule has 0 spiro atoms. The van der Waals surface area contributed by atoms with E-state index in [0.29, 0.717) is 40.0 Å². The molecule has 6 nitrogen and oxygen atoms in total. The molecule has 0 atom stereocenters. The summed E-state index contributed by atoms with van der Waals surface area (Å²) in [5.74, 6) is 0.206. The first-order valence-corrected chi connectivity index (χ1v) is 11.4. The Labute approximate surface area is 211 Å². The molecular formula is C25H23BrClFN4O2. The Kier molecular flexibility index (Phi) is 8.67. The van der Waals surface area contributed by atoms with Crippen LogP contribution in [0.2, 0.25) is 5.02 Å². The maximum atomic E-state index is 13.1. The Morgan fingerprint density at radius 3 is 2.32 bits per heavy atom. The van der Waals surface area contributed by atoms with Crippen LogP contribution >= 0.6 is 27.5 Å². The van der Waals surface area contributed by atoms with Crippen molar-refractivity contribution in [1.82, 2.24) is 5.01 Å². The van der Waals surface area contributed by atoms with Crippen LogP contribution in [0.25, 0.3) is 5.70 Å². The molecule has 2 amide bonds. The molecule has 3 rings (SSSR count).